The van der Waals surface area contributed by atoms with Gasteiger partial charge in [-0.05, 0) is 116 Å². The number of hydrogen-bond donors (Lipinski definition) is 4. The minimum absolute atomic E-state index is 0.357. The van der Waals surface area contributed by atoms with Crippen LogP contribution in [-0.4, -0.2) is 33.0 Å². The van der Waals surface area contributed by atoms with Gasteiger partial charge < -0.3 is 24.7 Å². The number of rotatable bonds is 3. The molecule has 0 atom stereocenters. The van der Waals surface area contributed by atoms with Gasteiger partial charge in [-0.15, -0.1) is 0 Å². The molecule has 0 unspecified atom stereocenters. The standard InChI is InChI=1S/C37H32N4O2/c1-21-17-22(2)34(23(3)18-21)36-32-14-12-29(40-32)20-27-10-9-26(38-27)19-28-11-13-30(39-28)35(31-15-16-33(36)41-31)24-5-7-25(8-6-24)37(42)43-4/h5-20,38-41H,1-4H3. The summed E-state index contributed by atoms with van der Waals surface area (Å²) in [5.74, 6) is -0.357. The Morgan fingerprint density at radius 2 is 1.16 bits per heavy atom. The Hall–Kier alpha value is -5.49. The number of esters is 1. The SMILES string of the molecule is COC(=O)c1ccc(C2=c3ccc([nH]3)=C(c3c(C)cc(C)cc3C)c3ccc([nH]3)C=c3ccc([nH]3)=Cc3ccc2[nH]3)cc1. The maximum absolute atomic E-state index is 12.2. The van der Waals surface area contributed by atoms with Crippen molar-refractivity contribution >= 4 is 29.3 Å². The summed E-state index contributed by atoms with van der Waals surface area (Å²) in [6.07, 6.45) is 4.23. The molecule has 6 nitrogen and oxygen atoms in total. The first kappa shape index (κ1) is 26.4. The van der Waals surface area contributed by atoms with Gasteiger partial charge in [0.2, 0.25) is 0 Å². The van der Waals surface area contributed by atoms with Crippen molar-refractivity contribution in [3.63, 3.8) is 0 Å². The Labute approximate surface area is 248 Å². The Bertz CT molecular complexity index is 2250. The molecule has 43 heavy (non-hydrogen) atoms. The average Bonchev–Trinajstić information content (AvgIpc) is 3.81. The molecule has 6 heteroatoms. The maximum atomic E-state index is 12.2. The van der Waals surface area contributed by atoms with Gasteiger partial charge in [-0.25, -0.2) is 4.79 Å². The van der Waals surface area contributed by atoms with Crippen LogP contribution >= 0.6 is 0 Å². The van der Waals surface area contributed by atoms with Crippen LogP contribution in [0.15, 0.2) is 84.9 Å². The molecule has 1 aliphatic heterocycles. The lowest BCUT2D eigenvalue weighted by Gasteiger charge is -2.14. The molecular weight excluding hydrogens is 532 g/mol. The predicted octanol–water partition coefficient (Wildman–Crippen LogP) is 4.18. The molecule has 0 aliphatic carbocycles. The van der Waals surface area contributed by atoms with Gasteiger partial charge in [-0.3, -0.25) is 0 Å². The van der Waals surface area contributed by atoms with Crippen LogP contribution in [0.4, 0.5) is 0 Å². The number of hydrogen-bond acceptors (Lipinski definition) is 2. The summed E-state index contributed by atoms with van der Waals surface area (Å²) < 4.78 is 4.93. The van der Waals surface area contributed by atoms with Gasteiger partial charge in [0.15, 0.2) is 0 Å². The molecular formula is C37H32N4O2. The van der Waals surface area contributed by atoms with Crippen LogP contribution < -0.4 is 21.4 Å². The molecule has 8 bridgehead atoms. The van der Waals surface area contributed by atoms with E-state index >= 15 is 0 Å². The fourth-order valence-electron chi connectivity index (χ4n) is 6.24. The fourth-order valence-corrected chi connectivity index (χ4v) is 6.24. The zero-order valence-electron chi connectivity index (χ0n) is 24.6. The van der Waals surface area contributed by atoms with Gasteiger partial charge in [-0.1, -0.05) is 29.8 Å². The minimum Gasteiger partial charge on any atom is -0.465 e. The highest BCUT2D eigenvalue weighted by Gasteiger charge is 2.17. The Morgan fingerprint density at radius 1 is 0.605 bits per heavy atom. The van der Waals surface area contributed by atoms with E-state index in [1.807, 2.05) is 12.1 Å². The molecule has 0 spiro atoms. The monoisotopic (exact) mass is 564 g/mol. The average molecular weight is 565 g/mol. The zero-order chi connectivity index (χ0) is 29.7. The smallest absolute Gasteiger partial charge is 0.337 e. The van der Waals surface area contributed by atoms with E-state index in [1.165, 1.54) is 29.4 Å². The van der Waals surface area contributed by atoms with Crippen molar-refractivity contribution in [2.45, 2.75) is 20.8 Å². The summed E-state index contributed by atoms with van der Waals surface area (Å²) in [5, 5.41) is 3.99. The highest BCUT2D eigenvalue weighted by atomic mass is 16.5. The van der Waals surface area contributed by atoms with Gasteiger partial charge in [0, 0.05) is 55.3 Å². The van der Waals surface area contributed by atoms with Gasteiger partial charge >= 0.3 is 5.97 Å². The predicted molar refractivity (Wildman–Crippen MR) is 170 cm³/mol. The summed E-state index contributed by atoms with van der Waals surface area (Å²) in [6.45, 7) is 6.50. The van der Waals surface area contributed by atoms with Crippen LogP contribution in [0.25, 0.3) is 23.3 Å². The molecule has 0 radical (unpaired) electrons. The third kappa shape index (κ3) is 4.87. The van der Waals surface area contributed by atoms with Gasteiger partial charge in [0.1, 0.15) is 0 Å². The van der Waals surface area contributed by atoms with Gasteiger partial charge in [-0.2, -0.15) is 0 Å². The summed E-state index contributed by atoms with van der Waals surface area (Å²) in [5.41, 5.74) is 12.5. The zero-order valence-corrected chi connectivity index (χ0v) is 24.6. The van der Waals surface area contributed by atoms with Crippen LogP contribution in [0, 0.1) is 20.8 Å². The van der Waals surface area contributed by atoms with E-state index in [-0.39, 0.29) is 5.97 Å². The molecule has 2 aromatic carbocycles. The summed E-state index contributed by atoms with van der Waals surface area (Å²) in [4.78, 5) is 26.7. The van der Waals surface area contributed by atoms with Crippen molar-refractivity contribution in [1.29, 1.82) is 0 Å². The quantitative estimate of drug-likeness (QED) is 0.243. The lowest BCUT2D eigenvalue weighted by molar-refractivity contribution is 0.0600. The number of ether oxygens (including phenoxy) is 1. The van der Waals surface area contributed by atoms with E-state index in [0.29, 0.717) is 5.56 Å². The Morgan fingerprint density at radius 3 is 1.74 bits per heavy atom. The lowest BCUT2D eigenvalue weighted by Crippen LogP contribution is -2.18. The number of fused-ring (bicyclic) bond motifs is 8. The van der Waals surface area contributed by atoms with Crippen molar-refractivity contribution in [3.05, 3.63) is 162 Å². The Balaban J connectivity index is 1.58. The van der Waals surface area contributed by atoms with Gasteiger partial charge in [0.05, 0.1) is 12.7 Å². The van der Waals surface area contributed by atoms with Crippen molar-refractivity contribution in [3.8, 4) is 0 Å². The maximum Gasteiger partial charge on any atom is 0.337 e. The van der Waals surface area contributed by atoms with Crippen LogP contribution in [-0.2, 0) is 4.74 Å². The highest BCUT2D eigenvalue weighted by molar-refractivity contribution is 5.90. The number of benzene rings is 2. The summed E-state index contributed by atoms with van der Waals surface area (Å²) in [7, 11) is 1.40. The molecule has 6 aromatic rings. The molecule has 4 aromatic heterocycles. The number of aromatic nitrogens is 4. The molecule has 7 rings (SSSR count). The van der Waals surface area contributed by atoms with Crippen molar-refractivity contribution < 1.29 is 9.53 Å². The van der Waals surface area contributed by atoms with Crippen LogP contribution in [0.5, 0.6) is 0 Å². The molecule has 5 heterocycles. The second-order valence-corrected chi connectivity index (χ2v) is 11.2. The van der Waals surface area contributed by atoms with Crippen LogP contribution in [0.1, 0.15) is 61.0 Å². The molecule has 4 N–H and O–H groups in total. The van der Waals surface area contributed by atoms with Crippen molar-refractivity contribution in [2.24, 2.45) is 0 Å². The molecule has 1 aliphatic rings. The van der Waals surface area contributed by atoms with E-state index < -0.39 is 0 Å². The van der Waals surface area contributed by atoms with E-state index in [1.54, 1.807) is 12.1 Å². The number of carbonyl (C=O) groups excluding carboxylic acids is 1. The number of carbonyl (C=O) groups is 1. The third-order valence-corrected chi connectivity index (χ3v) is 8.06. The van der Waals surface area contributed by atoms with Crippen molar-refractivity contribution in [1.82, 2.24) is 19.9 Å². The number of aryl methyl sites for hydroxylation is 3. The first-order valence-corrected chi connectivity index (χ1v) is 14.3. The normalized spacial score (nSPS) is 12.6. The third-order valence-electron chi connectivity index (χ3n) is 8.06. The highest BCUT2D eigenvalue weighted by Crippen LogP contribution is 2.28. The second-order valence-electron chi connectivity index (χ2n) is 11.2. The van der Waals surface area contributed by atoms with E-state index in [4.69, 9.17) is 4.74 Å². The van der Waals surface area contributed by atoms with Crippen molar-refractivity contribution in [2.75, 3.05) is 7.11 Å². The number of nitrogens with one attached hydrogen (secondary N) is 4. The largest absolute Gasteiger partial charge is 0.465 e. The lowest BCUT2D eigenvalue weighted by atomic mass is 9.92. The minimum atomic E-state index is -0.357. The molecule has 0 saturated heterocycles. The number of aromatic amines is 4. The van der Waals surface area contributed by atoms with E-state index in [9.17, 15) is 4.79 Å². The van der Waals surface area contributed by atoms with E-state index in [2.05, 4.69) is 114 Å². The fraction of sp³-hybridized carbons (Fsp3) is 0.108. The Kier molecular flexibility index (Phi) is 6.39. The first-order chi connectivity index (χ1) is 20.9. The first-order valence-electron chi connectivity index (χ1n) is 14.3. The topological polar surface area (TPSA) is 89.5 Å². The molecule has 212 valence electrons. The summed E-state index contributed by atoms with van der Waals surface area (Å²) in [6, 6.07) is 28.9. The number of methoxy groups -OCH3 is 1. The van der Waals surface area contributed by atoms with E-state index in [0.717, 1.165) is 60.9 Å². The molecule has 0 fully saturated rings. The summed E-state index contributed by atoms with van der Waals surface area (Å²) >= 11 is 0. The number of H-pyrrole nitrogens is 4. The van der Waals surface area contributed by atoms with Gasteiger partial charge in [0.25, 0.3) is 0 Å². The van der Waals surface area contributed by atoms with Crippen LogP contribution in [0.3, 0.4) is 0 Å². The molecule has 0 saturated carbocycles. The molecule has 0 amide bonds. The van der Waals surface area contributed by atoms with Crippen LogP contribution in [0.2, 0.25) is 0 Å². The second kappa shape index (κ2) is 10.4.